The summed E-state index contributed by atoms with van der Waals surface area (Å²) in [4.78, 5) is 1.02. The van der Waals surface area contributed by atoms with E-state index in [1.165, 1.54) is 23.7 Å². The Kier molecular flexibility index (Phi) is 4.95. The van der Waals surface area contributed by atoms with Gasteiger partial charge in [-0.1, -0.05) is 23.5 Å². The third-order valence-electron chi connectivity index (χ3n) is 3.17. The van der Waals surface area contributed by atoms with Crippen LogP contribution in [0.2, 0.25) is 0 Å². The van der Waals surface area contributed by atoms with Gasteiger partial charge in [0.1, 0.15) is 0 Å². The number of likely N-dealkylation sites (N-methyl/N-ethyl adjacent to an activating group) is 1. The SMILES string of the molecule is CCNC(Cc1ccc(C(F)(F)F)cc1)c1snnc1C. The lowest BCUT2D eigenvalue weighted by atomic mass is 10.0. The number of aryl methyl sites for hydroxylation is 1. The van der Waals surface area contributed by atoms with E-state index in [2.05, 4.69) is 14.9 Å². The van der Waals surface area contributed by atoms with Gasteiger partial charge in [0.15, 0.2) is 0 Å². The Labute approximate surface area is 125 Å². The maximum atomic E-state index is 12.6. The average molecular weight is 315 g/mol. The molecule has 1 atom stereocenters. The zero-order chi connectivity index (χ0) is 15.5. The largest absolute Gasteiger partial charge is 0.416 e. The molecule has 114 valence electrons. The molecule has 3 nitrogen and oxygen atoms in total. The molecular weight excluding hydrogens is 299 g/mol. The quantitative estimate of drug-likeness (QED) is 0.913. The molecule has 0 aliphatic carbocycles. The molecule has 0 saturated carbocycles. The molecule has 0 bridgehead atoms. The average Bonchev–Trinajstić information content (AvgIpc) is 2.84. The molecule has 7 heteroatoms. The molecule has 2 aromatic rings. The summed E-state index contributed by atoms with van der Waals surface area (Å²) in [5.41, 5.74) is 1.08. The molecule has 1 aromatic carbocycles. The zero-order valence-electron chi connectivity index (χ0n) is 11.7. The van der Waals surface area contributed by atoms with Gasteiger partial charge in [-0.3, -0.25) is 0 Å². The Morgan fingerprint density at radius 3 is 2.38 bits per heavy atom. The normalized spacial score (nSPS) is 13.4. The maximum absolute atomic E-state index is 12.6. The van der Waals surface area contributed by atoms with E-state index in [0.717, 1.165) is 34.8 Å². The van der Waals surface area contributed by atoms with Crippen LogP contribution < -0.4 is 5.32 Å². The van der Waals surface area contributed by atoms with Gasteiger partial charge < -0.3 is 5.32 Å². The second kappa shape index (κ2) is 6.53. The van der Waals surface area contributed by atoms with Gasteiger partial charge >= 0.3 is 6.18 Å². The van der Waals surface area contributed by atoms with E-state index >= 15 is 0 Å². The summed E-state index contributed by atoms with van der Waals surface area (Å²) in [6, 6.07) is 5.31. The van der Waals surface area contributed by atoms with Crippen LogP contribution in [0.3, 0.4) is 0 Å². The molecule has 0 spiro atoms. The summed E-state index contributed by atoms with van der Waals surface area (Å²) in [6.45, 7) is 4.64. The molecule has 0 saturated heterocycles. The van der Waals surface area contributed by atoms with Gasteiger partial charge in [-0.15, -0.1) is 5.10 Å². The Hall–Kier alpha value is -1.47. The number of halogens is 3. The molecule has 21 heavy (non-hydrogen) atoms. The van der Waals surface area contributed by atoms with E-state index in [4.69, 9.17) is 0 Å². The van der Waals surface area contributed by atoms with Crippen LogP contribution in [-0.2, 0) is 12.6 Å². The smallest absolute Gasteiger partial charge is 0.309 e. The minimum Gasteiger partial charge on any atom is -0.309 e. The monoisotopic (exact) mass is 315 g/mol. The second-order valence-electron chi connectivity index (χ2n) is 4.73. The summed E-state index contributed by atoms with van der Waals surface area (Å²) < 4.78 is 41.6. The van der Waals surface area contributed by atoms with Crippen LogP contribution in [-0.4, -0.2) is 16.1 Å². The molecule has 0 aliphatic heterocycles. The fourth-order valence-corrected chi connectivity index (χ4v) is 2.84. The summed E-state index contributed by atoms with van der Waals surface area (Å²) >= 11 is 1.32. The molecule has 0 amide bonds. The lowest BCUT2D eigenvalue weighted by molar-refractivity contribution is -0.137. The van der Waals surface area contributed by atoms with E-state index in [0.29, 0.717) is 6.42 Å². The predicted molar refractivity (Wildman–Crippen MR) is 76.2 cm³/mol. The van der Waals surface area contributed by atoms with Crippen molar-refractivity contribution < 1.29 is 13.2 Å². The van der Waals surface area contributed by atoms with Crippen molar-refractivity contribution in [3.05, 3.63) is 46.0 Å². The Morgan fingerprint density at radius 1 is 1.24 bits per heavy atom. The molecule has 0 radical (unpaired) electrons. The lowest BCUT2D eigenvalue weighted by Gasteiger charge is -2.17. The van der Waals surface area contributed by atoms with Crippen LogP contribution in [0.1, 0.15) is 34.7 Å². The second-order valence-corrected chi connectivity index (χ2v) is 5.52. The highest BCUT2D eigenvalue weighted by Gasteiger charge is 2.30. The van der Waals surface area contributed by atoms with Crippen LogP contribution in [0.4, 0.5) is 13.2 Å². The van der Waals surface area contributed by atoms with Crippen LogP contribution in [0.15, 0.2) is 24.3 Å². The van der Waals surface area contributed by atoms with Gasteiger partial charge in [0.25, 0.3) is 0 Å². The first-order chi connectivity index (χ1) is 9.91. The third-order valence-corrected chi connectivity index (χ3v) is 4.11. The highest BCUT2D eigenvalue weighted by atomic mass is 32.1. The number of nitrogens with zero attached hydrogens (tertiary/aromatic N) is 2. The van der Waals surface area contributed by atoms with Crippen LogP contribution in [0.25, 0.3) is 0 Å². The first-order valence-electron chi connectivity index (χ1n) is 6.60. The first-order valence-corrected chi connectivity index (χ1v) is 7.37. The van der Waals surface area contributed by atoms with E-state index in [1.807, 2.05) is 13.8 Å². The van der Waals surface area contributed by atoms with E-state index < -0.39 is 11.7 Å². The molecule has 1 heterocycles. The fourth-order valence-electron chi connectivity index (χ4n) is 2.13. The van der Waals surface area contributed by atoms with Crippen molar-refractivity contribution >= 4 is 11.5 Å². The van der Waals surface area contributed by atoms with Crippen molar-refractivity contribution in [2.75, 3.05) is 6.54 Å². The Morgan fingerprint density at radius 2 is 1.90 bits per heavy atom. The maximum Gasteiger partial charge on any atom is 0.416 e. The summed E-state index contributed by atoms with van der Waals surface area (Å²) in [5, 5.41) is 7.31. The van der Waals surface area contributed by atoms with Crippen molar-refractivity contribution in [3.63, 3.8) is 0 Å². The lowest BCUT2D eigenvalue weighted by Crippen LogP contribution is -2.22. The number of hydrogen-bond acceptors (Lipinski definition) is 4. The molecule has 1 N–H and O–H groups in total. The molecule has 2 rings (SSSR count). The third kappa shape index (κ3) is 4.01. The summed E-state index contributed by atoms with van der Waals surface area (Å²) in [7, 11) is 0. The summed E-state index contributed by atoms with van der Waals surface area (Å²) in [6.07, 6.45) is -3.69. The Balaban J connectivity index is 2.16. The van der Waals surface area contributed by atoms with Crippen molar-refractivity contribution in [1.82, 2.24) is 14.9 Å². The molecule has 1 unspecified atom stereocenters. The van der Waals surface area contributed by atoms with Crippen molar-refractivity contribution in [2.24, 2.45) is 0 Å². The summed E-state index contributed by atoms with van der Waals surface area (Å²) in [5.74, 6) is 0. The van der Waals surface area contributed by atoms with Gasteiger partial charge in [0.05, 0.1) is 16.1 Å². The number of rotatable bonds is 5. The molecule has 1 aromatic heterocycles. The van der Waals surface area contributed by atoms with Crippen molar-refractivity contribution in [3.8, 4) is 0 Å². The predicted octanol–water partition coefficient (Wildman–Crippen LogP) is 3.76. The van der Waals surface area contributed by atoms with E-state index in [9.17, 15) is 13.2 Å². The van der Waals surface area contributed by atoms with Gasteiger partial charge in [-0.2, -0.15) is 13.2 Å². The highest BCUT2D eigenvalue weighted by molar-refractivity contribution is 7.05. The van der Waals surface area contributed by atoms with Gasteiger partial charge in [0, 0.05) is 6.04 Å². The first kappa shape index (κ1) is 15.9. The standard InChI is InChI=1S/C14H16F3N3S/c1-3-18-12(13-9(2)19-20-21-13)8-10-4-6-11(7-5-10)14(15,16)17/h4-7,12,18H,3,8H2,1-2H3. The minimum absolute atomic E-state index is 0.0201. The van der Waals surface area contributed by atoms with Gasteiger partial charge in [-0.25, -0.2) is 0 Å². The van der Waals surface area contributed by atoms with E-state index in [1.54, 1.807) is 0 Å². The fraction of sp³-hybridized carbons (Fsp3) is 0.429. The van der Waals surface area contributed by atoms with Crippen LogP contribution in [0, 0.1) is 6.92 Å². The van der Waals surface area contributed by atoms with Crippen molar-refractivity contribution in [1.29, 1.82) is 0 Å². The number of hydrogen-bond donors (Lipinski definition) is 1. The molecular formula is C14H16F3N3S. The Bertz CT molecular complexity index is 578. The van der Waals surface area contributed by atoms with Gasteiger partial charge in [-0.05, 0) is 49.1 Å². The van der Waals surface area contributed by atoms with Crippen LogP contribution in [0.5, 0.6) is 0 Å². The van der Waals surface area contributed by atoms with E-state index in [-0.39, 0.29) is 6.04 Å². The highest BCUT2D eigenvalue weighted by Crippen LogP contribution is 2.30. The number of alkyl halides is 3. The number of benzene rings is 1. The number of nitrogens with one attached hydrogen (secondary N) is 1. The minimum atomic E-state index is -4.29. The topological polar surface area (TPSA) is 37.8 Å². The van der Waals surface area contributed by atoms with Crippen molar-refractivity contribution in [2.45, 2.75) is 32.5 Å². The van der Waals surface area contributed by atoms with Crippen LogP contribution >= 0.6 is 11.5 Å². The molecule has 0 aliphatic rings. The molecule has 0 fully saturated rings. The number of aromatic nitrogens is 2. The van der Waals surface area contributed by atoms with Gasteiger partial charge in [0.2, 0.25) is 0 Å². The zero-order valence-corrected chi connectivity index (χ0v) is 12.6.